The second-order valence-corrected chi connectivity index (χ2v) is 7.78. The molecule has 1 aromatic carbocycles. The van der Waals surface area contributed by atoms with Crippen molar-refractivity contribution in [1.82, 2.24) is 0 Å². The van der Waals surface area contributed by atoms with Crippen LogP contribution >= 0.6 is 15.9 Å². The summed E-state index contributed by atoms with van der Waals surface area (Å²) in [6.45, 7) is 0. The van der Waals surface area contributed by atoms with Crippen LogP contribution in [0.15, 0.2) is 64.7 Å². The molecule has 5 aliphatic rings. The van der Waals surface area contributed by atoms with Crippen LogP contribution in [0.25, 0.3) is 0 Å². The van der Waals surface area contributed by atoms with Gasteiger partial charge in [-0.2, -0.15) is 0 Å². The minimum absolute atomic E-state index is 0.248. The first kappa shape index (κ1) is 15.6. The lowest BCUT2D eigenvalue weighted by Gasteiger charge is -2.36. The first-order valence-electron chi connectivity index (χ1n) is 8.27. The number of hydrogen-bond acceptors (Lipinski definition) is 4. The maximum atomic E-state index is 13.3. The lowest BCUT2D eigenvalue weighted by Crippen LogP contribution is -2.45. The van der Waals surface area contributed by atoms with Gasteiger partial charge in [-0.05, 0) is 29.9 Å². The van der Waals surface area contributed by atoms with E-state index in [2.05, 4.69) is 15.9 Å². The van der Waals surface area contributed by atoms with Gasteiger partial charge in [0, 0.05) is 4.48 Å². The van der Waals surface area contributed by atoms with Crippen molar-refractivity contribution in [3.8, 4) is 0 Å². The molecule has 0 radical (unpaired) electrons. The molecule has 1 fully saturated rings. The van der Waals surface area contributed by atoms with E-state index in [1.807, 2.05) is 0 Å². The monoisotopic (exact) mass is 409 g/mol. The molecular formula is C20H12BrNO4. The van der Waals surface area contributed by atoms with E-state index in [9.17, 15) is 19.2 Å². The minimum Gasteiger partial charge on any atom is -0.294 e. The molecule has 1 spiro atoms. The average Bonchev–Trinajstić information content (AvgIpc) is 2.91. The fourth-order valence-corrected chi connectivity index (χ4v) is 5.33. The SMILES string of the molecule is O=C1C=C2C(Br)=CC(=O)[C@]23C=C[C@H]1[C@H]1C(=O)N(c2ccccc2)C(=O)[C@H]13. The molecule has 6 rings (SSSR count). The molecule has 1 aliphatic heterocycles. The number of halogens is 1. The van der Waals surface area contributed by atoms with Gasteiger partial charge in [-0.3, -0.25) is 19.2 Å². The van der Waals surface area contributed by atoms with Crippen LogP contribution in [0.3, 0.4) is 0 Å². The molecule has 6 heteroatoms. The van der Waals surface area contributed by atoms with E-state index in [-0.39, 0.29) is 11.6 Å². The molecule has 0 saturated carbocycles. The highest BCUT2D eigenvalue weighted by Crippen LogP contribution is 2.59. The number of nitrogens with zero attached hydrogens (tertiary/aromatic N) is 1. The number of carbonyl (C=O) groups excluding carboxylic acids is 4. The molecule has 26 heavy (non-hydrogen) atoms. The van der Waals surface area contributed by atoms with Crippen molar-refractivity contribution >= 4 is 45.0 Å². The molecule has 4 aliphatic carbocycles. The summed E-state index contributed by atoms with van der Waals surface area (Å²) in [5.74, 6) is -3.84. The van der Waals surface area contributed by atoms with Gasteiger partial charge in [0.1, 0.15) is 0 Å². The van der Waals surface area contributed by atoms with Gasteiger partial charge in [0.15, 0.2) is 11.6 Å². The Labute approximate surface area is 157 Å². The Morgan fingerprint density at radius 2 is 1.69 bits per heavy atom. The fraction of sp³-hybridized carbons (Fsp3) is 0.200. The summed E-state index contributed by atoms with van der Waals surface area (Å²) < 4.78 is 0.500. The Balaban J connectivity index is 1.74. The quantitative estimate of drug-likeness (QED) is 0.527. The number of ketones is 2. The zero-order valence-corrected chi connectivity index (χ0v) is 15.0. The predicted octanol–water partition coefficient (Wildman–Crippen LogP) is 2.34. The number of imide groups is 1. The van der Waals surface area contributed by atoms with Crippen molar-refractivity contribution in [3.63, 3.8) is 0 Å². The molecular weight excluding hydrogens is 398 g/mol. The number of benzene rings is 1. The second kappa shape index (κ2) is 4.98. The standard InChI is InChI=1S/C20H12BrNO4/c21-13-9-15(24)20-7-6-11(14(23)8-12(13)20)16-17(20)19(26)22(18(16)25)10-4-2-1-3-5-10/h1-9,11,16-17H/t11-,16-,17+,20+/m1/s1. The Hall–Kier alpha value is -2.60. The summed E-state index contributed by atoms with van der Waals surface area (Å²) in [6.07, 6.45) is 6.10. The van der Waals surface area contributed by atoms with Crippen LogP contribution in [-0.4, -0.2) is 23.4 Å². The molecule has 4 atom stereocenters. The maximum absolute atomic E-state index is 13.3. The highest BCUT2D eigenvalue weighted by molar-refractivity contribution is 9.12. The zero-order valence-electron chi connectivity index (χ0n) is 13.4. The summed E-state index contributed by atoms with van der Waals surface area (Å²) in [4.78, 5) is 53.3. The molecule has 1 heterocycles. The van der Waals surface area contributed by atoms with Gasteiger partial charge in [-0.1, -0.05) is 46.3 Å². The van der Waals surface area contributed by atoms with E-state index in [0.29, 0.717) is 15.7 Å². The number of para-hydroxylation sites is 1. The second-order valence-electron chi connectivity index (χ2n) is 6.92. The number of allylic oxidation sites excluding steroid dienone is 6. The summed E-state index contributed by atoms with van der Waals surface area (Å²) in [5, 5.41) is 0. The van der Waals surface area contributed by atoms with Crippen LogP contribution in [0.1, 0.15) is 0 Å². The average molecular weight is 410 g/mol. The van der Waals surface area contributed by atoms with Crippen molar-refractivity contribution in [2.75, 3.05) is 4.90 Å². The highest BCUT2D eigenvalue weighted by atomic mass is 79.9. The van der Waals surface area contributed by atoms with Crippen molar-refractivity contribution in [3.05, 3.63) is 64.7 Å². The normalized spacial score (nSPS) is 34.7. The summed E-state index contributed by atoms with van der Waals surface area (Å²) >= 11 is 3.35. The number of hydrogen-bond donors (Lipinski definition) is 0. The lowest BCUT2D eigenvalue weighted by molar-refractivity contribution is -0.133. The third-order valence-corrected chi connectivity index (χ3v) is 6.45. The van der Waals surface area contributed by atoms with Gasteiger partial charge in [-0.15, -0.1) is 0 Å². The molecule has 2 bridgehead atoms. The molecule has 0 N–H and O–H groups in total. The Morgan fingerprint density at radius 1 is 0.962 bits per heavy atom. The first-order valence-corrected chi connectivity index (χ1v) is 9.06. The van der Waals surface area contributed by atoms with Gasteiger partial charge < -0.3 is 0 Å². The summed E-state index contributed by atoms with van der Waals surface area (Å²) in [6, 6.07) is 8.63. The van der Waals surface area contributed by atoms with Gasteiger partial charge in [0.05, 0.1) is 28.9 Å². The smallest absolute Gasteiger partial charge is 0.239 e. The predicted molar refractivity (Wildman–Crippen MR) is 96.1 cm³/mol. The lowest BCUT2D eigenvalue weighted by atomic mass is 9.61. The van der Waals surface area contributed by atoms with Gasteiger partial charge in [-0.25, -0.2) is 4.90 Å². The summed E-state index contributed by atoms with van der Waals surface area (Å²) in [5.41, 5.74) is -0.334. The summed E-state index contributed by atoms with van der Waals surface area (Å²) in [7, 11) is 0. The van der Waals surface area contributed by atoms with E-state index in [1.165, 1.54) is 12.2 Å². The van der Waals surface area contributed by atoms with E-state index in [4.69, 9.17) is 0 Å². The number of carbonyl (C=O) groups is 4. The topological polar surface area (TPSA) is 71.5 Å². The molecule has 1 saturated heterocycles. The van der Waals surface area contributed by atoms with Crippen LogP contribution in [-0.2, 0) is 19.2 Å². The fourth-order valence-electron chi connectivity index (χ4n) is 4.68. The molecule has 1 aromatic rings. The first-order chi connectivity index (χ1) is 12.5. The third-order valence-electron chi connectivity index (χ3n) is 5.79. The number of anilines is 1. The van der Waals surface area contributed by atoms with E-state index in [0.717, 1.165) is 4.90 Å². The molecule has 128 valence electrons. The highest BCUT2D eigenvalue weighted by Gasteiger charge is 2.67. The number of fused-ring (bicyclic) bond motifs is 1. The molecule has 0 aromatic heterocycles. The molecule has 5 nitrogen and oxygen atoms in total. The van der Waals surface area contributed by atoms with Crippen LogP contribution in [0.4, 0.5) is 5.69 Å². The maximum Gasteiger partial charge on any atom is 0.239 e. The zero-order chi connectivity index (χ0) is 18.2. The van der Waals surface area contributed by atoms with Crippen LogP contribution < -0.4 is 4.90 Å². The van der Waals surface area contributed by atoms with Gasteiger partial charge in [0.25, 0.3) is 0 Å². The molecule has 2 amide bonds. The Bertz CT molecular complexity index is 1010. The van der Waals surface area contributed by atoms with E-state index in [1.54, 1.807) is 42.5 Å². The van der Waals surface area contributed by atoms with Crippen molar-refractivity contribution in [2.24, 2.45) is 23.2 Å². The van der Waals surface area contributed by atoms with E-state index < -0.39 is 35.0 Å². The van der Waals surface area contributed by atoms with Crippen LogP contribution in [0.5, 0.6) is 0 Å². The third kappa shape index (κ3) is 1.65. The van der Waals surface area contributed by atoms with Crippen molar-refractivity contribution in [1.29, 1.82) is 0 Å². The van der Waals surface area contributed by atoms with E-state index >= 15 is 0 Å². The Morgan fingerprint density at radius 3 is 2.42 bits per heavy atom. The van der Waals surface area contributed by atoms with Crippen molar-refractivity contribution < 1.29 is 19.2 Å². The van der Waals surface area contributed by atoms with Crippen LogP contribution in [0.2, 0.25) is 0 Å². The molecule has 0 unspecified atom stereocenters. The largest absolute Gasteiger partial charge is 0.294 e. The van der Waals surface area contributed by atoms with Gasteiger partial charge >= 0.3 is 0 Å². The number of amides is 2. The minimum atomic E-state index is -1.28. The van der Waals surface area contributed by atoms with Gasteiger partial charge in [0.2, 0.25) is 11.8 Å². The Kier molecular flexibility index (Phi) is 2.99. The number of rotatable bonds is 1. The van der Waals surface area contributed by atoms with Crippen molar-refractivity contribution in [2.45, 2.75) is 0 Å². The van der Waals surface area contributed by atoms with Crippen LogP contribution in [0, 0.1) is 23.2 Å².